The molecule has 22 heavy (non-hydrogen) atoms. The average molecular weight is 303 g/mol. The average Bonchev–Trinajstić information content (AvgIpc) is 2.41. The Bertz CT molecular complexity index is 557. The van der Waals surface area contributed by atoms with Crippen molar-refractivity contribution in [3.05, 3.63) is 35.4 Å². The van der Waals surface area contributed by atoms with Crippen LogP contribution in [-0.2, 0) is 16.1 Å². The summed E-state index contributed by atoms with van der Waals surface area (Å²) in [5.41, 5.74) is 2.33. The Kier molecular flexibility index (Phi) is 5.19. The number of carbonyl (C=O) groups is 2. The lowest BCUT2D eigenvalue weighted by Gasteiger charge is -2.39. The topological polar surface area (TPSA) is 43.9 Å². The first-order valence-corrected chi connectivity index (χ1v) is 7.64. The predicted octanol–water partition coefficient (Wildman–Crippen LogP) is 1.12. The molecular formula is C17H25N3O2. The van der Waals surface area contributed by atoms with E-state index in [0.717, 1.165) is 5.56 Å². The lowest BCUT2D eigenvalue weighted by molar-refractivity contribution is -0.149. The number of hydrogen-bond acceptors (Lipinski definition) is 3. The van der Waals surface area contributed by atoms with Crippen molar-refractivity contribution in [3.8, 4) is 0 Å². The van der Waals surface area contributed by atoms with Crippen LogP contribution in [0.3, 0.4) is 0 Å². The number of nitrogens with zero attached hydrogens (tertiary/aromatic N) is 3. The van der Waals surface area contributed by atoms with Gasteiger partial charge in [0.1, 0.15) is 6.54 Å². The molecule has 1 aromatic rings. The van der Waals surface area contributed by atoms with Gasteiger partial charge >= 0.3 is 0 Å². The molecule has 2 rings (SSSR count). The Hall–Kier alpha value is -1.88. The van der Waals surface area contributed by atoms with Gasteiger partial charge < -0.3 is 14.7 Å². The number of aryl methyl sites for hydroxylation is 1. The molecule has 0 N–H and O–H groups in total. The predicted molar refractivity (Wildman–Crippen MR) is 86.3 cm³/mol. The fourth-order valence-electron chi connectivity index (χ4n) is 2.80. The van der Waals surface area contributed by atoms with Crippen LogP contribution in [0.2, 0.25) is 0 Å². The van der Waals surface area contributed by atoms with E-state index in [1.54, 1.807) is 4.90 Å². The maximum Gasteiger partial charge on any atom is 0.242 e. The van der Waals surface area contributed by atoms with Crippen molar-refractivity contribution in [3.63, 3.8) is 0 Å². The molecule has 120 valence electrons. The molecule has 2 amide bonds. The summed E-state index contributed by atoms with van der Waals surface area (Å²) in [6, 6.07) is 8.24. The van der Waals surface area contributed by atoms with Gasteiger partial charge in [0.05, 0.1) is 6.54 Å². The van der Waals surface area contributed by atoms with Crippen molar-refractivity contribution in [1.29, 1.82) is 0 Å². The molecule has 1 heterocycles. The molecule has 0 aliphatic carbocycles. The maximum absolute atomic E-state index is 12.3. The number of piperazine rings is 1. The maximum atomic E-state index is 12.3. The van der Waals surface area contributed by atoms with Crippen LogP contribution in [0.15, 0.2) is 24.3 Å². The first-order chi connectivity index (χ1) is 10.4. The summed E-state index contributed by atoms with van der Waals surface area (Å²) in [5, 5.41) is 0. The molecule has 1 atom stereocenters. The first-order valence-electron chi connectivity index (χ1n) is 7.64. The molecule has 0 bridgehead atoms. The smallest absolute Gasteiger partial charge is 0.242 e. The van der Waals surface area contributed by atoms with E-state index in [4.69, 9.17) is 0 Å². The Labute approximate surface area is 132 Å². The molecule has 0 radical (unpaired) electrons. The summed E-state index contributed by atoms with van der Waals surface area (Å²) in [5.74, 6) is 0.0350. The van der Waals surface area contributed by atoms with Crippen LogP contribution in [0.5, 0.6) is 0 Å². The van der Waals surface area contributed by atoms with E-state index in [-0.39, 0.29) is 24.4 Å². The molecule has 1 fully saturated rings. The number of likely N-dealkylation sites (N-methyl/N-ethyl adjacent to an activating group) is 1. The lowest BCUT2D eigenvalue weighted by atomic mass is 10.1. The number of hydrogen-bond donors (Lipinski definition) is 0. The summed E-state index contributed by atoms with van der Waals surface area (Å²) < 4.78 is 0. The summed E-state index contributed by atoms with van der Waals surface area (Å²) in [6.45, 7) is 5.77. The number of amides is 2. The quantitative estimate of drug-likeness (QED) is 0.837. The van der Waals surface area contributed by atoms with E-state index in [1.807, 2.05) is 55.9 Å². The number of rotatable bonds is 4. The fraction of sp³-hybridized carbons (Fsp3) is 0.529. The monoisotopic (exact) mass is 303 g/mol. The molecule has 5 heteroatoms. The fourth-order valence-corrected chi connectivity index (χ4v) is 2.80. The Morgan fingerprint density at radius 3 is 2.73 bits per heavy atom. The van der Waals surface area contributed by atoms with Crippen LogP contribution in [0.25, 0.3) is 0 Å². The van der Waals surface area contributed by atoms with E-state index in [9.17, 15) is 9.59 Å². The molecule has 0 saturated carbocycles. The van der Waals surface area contributed by atoms with E-state index in [0.29, 0.717) is 19.6 Å². The molecule has 1 aliphatic rings. The summed E-state index contributed by atoms with van der Waals surface area (Å²) in [7, 11) is 3.72. The molecule has 5 nitrogen and oxygen atoms in total. The summed E-state index contributed by atoms with van der Waals surface area (Å²) in [6.07, 6.45) is 0. The second-order valence-corrected chi connectivity index (χ2v) is 6.37. The van der Waals surface area contributed by atoms with Crippen molar-refractivity contribution in [2.45, 2.75) is 26.4 Å². The number of carbonyl (C=O) groups excluding carboxylic acids is 2. The Balaban J connectivity index is 2.01. The highest BCUT2D eigenvalue weighted by Gasteiger charge is 2.32. The largest absolute Gasteiger partial charge is 0.335 e. The lowest BCUT2D eigenvalue weighted by Crippen LogP contribution is -2.57. The van der Waals surface area contributed by atoms with Crippen LogP contribution < -0.4 is 0 Å². The van der Waals surface area contributed by atoms with Gasteiger partial charge in [-0.15, -0.1) is 0 Å². The van der Waals surface area contributed by atoms with Crippen LogP contribution in [-0.4, -0.2) is 66.3 Å². The first kappa shape index (κ1) is 16.5. The third-order valence-corrected chi connectivity index (χ3v) is 3.90. The summed E-state index contributed by atoms with van der Waals surface area (Å²) in [4.78, 5) is 29.9. The molecule has 1 saturated heterocycles. The zero-order valence-electron chi connectivity index (χ0n) is 13.9. The minimum atomic E-state index is 0.0149. The van der Waals surface area contributed by atoms with E-state index >= 15 is 0 Å². The van der Waals surface area contributed by atoms with Crippen molar-refractivity contribution >= 4 is 11.8 Å². The highest BCUT2D eigenvalue weighted by molar-refractivity contribution is 5.87. The zero-order chi connectivity index (χ0) is 16.3. The van der Waals surface area contributed by atoms with Gasteiger partial charge in [-0.25, -0.2) is 0 Å². The molecule has 1 aliphatic heterocycles. The van der Waals surface area contributed by atoms with Crippen molar-refractivity contribution in [1.82, 2.24) is 14.7 Å². The Morgan fingerprint density at radius 1 is 1.36 bits per heavy atom. The molecular weight excluding hydrogens is 278 g/mol. The second-order valence-electron chi connectivity index (χ2n) is 6.37. The van der Waals surface area contributed by atoms with E-state index in [1.165, 1.54) is 5.56 Å². The third kappa shape index (κ3) is 4.07. The van der Waals surface area contributed by atoms with Crippen LogP contribution in [0.1, 0.15) is 18.1 Å². The normalized spacial score (nSPS) is 19.0. The molecule has 0 aromatic heterocycles. The van der Waals surface area contributed by atoms with Gasteiger partial charge in [0.15, 0.2) is 0 Å². The SMILES string of the molecule is Cc1cccc(CN2CC(C)N(C(=O)CN(C)C)CC2=O)c1. The van der Waals surface area contributed by atoms with Gasteiger partial charge in [-0.3, -0.25) is 9.59 Å². The second kappa shape index (κ2) is 6.92. The standard InChI is InChI=1S/C17H25N3O2/c1-13-6-5-7-15(8-13)10-19-9-14(2)20(12-16(19)21)17(22)11-18(3)4/h5-8,14H,9-12H2,1-4H3. The van der Waals surface area contributed by atoms with E-state index < -0.39 is 0 Å². The molecule has 1 unspecified atom stereocenters. The highest BCUT2D eigenvalue weighted by atomic mass is 16.2. The molecule has 1 aromatic carbocycles. The Morgan fingerprint density at radius 2 is 2.09 bits per heavy atom. The third-order valence-electron chi connectivity index (χ3n) is 3.90. The molecule has 0 spiro atoms. The minimum absolute atomic E-state index is 0.0149. The van der Waals surface area contributed by atoms with Crippen molar-refractivity contribution in [2.24, 2.45) is 0 Å². The van der Waals surface area contributed by atoms with E-state index in [2.05, 4.69) is 6.07 Å². The van der Waals surface area contributed by atoms with Gasteiger partial charge in [-0.1, -0.05) is 29.8 Å². The number of benzene rings is 1. The zero-order valence-corrected chi connectivity index (χ0v) is 13.9. The van der Waals surface area contributed by atoms with Gasteiger partial charge in [-0.2, -0.15) is 0 Å². The van der Waals surface area contributed by atoms with Gasteiger partial charge in [0.25, 0.3) is 0 Å². The highest BCUT2D eigenvalue weighted by Crippen LogP contribution is 2.15. The van der Waals surface area contributed by atoms with Crippen molar-refractivity contribution < 1.29 is 9.59 Å². The van der Waals surface area contributed by atoms with Crippen LogP contribution in [0.4, 0.5) is 0 Å². The van der Waals surface area contributed by atoms with Crippen molar-refractivity contribution in [2.75, 3.05) is 33.7 Å². The van der Waals surface area contributed by atoms with Crippen LogP contribution >= 0.6 is 0 Å². The van der Waals surface area contributed by atoms with Gasteiger partial charge in [-0.05, 0) is 33.5 Å². The summed E-state index contributed by atoms with van der Waals surface area (Å²) >= 11 is 0. The van der Waals surface area contributed by atoms with Crippen LogP contribution in [0, 0.1) is 6.92 Å². The van der Waals surface area contributed by atoms with Gasteiger partial charge in [0, 0.05) is 19.1 Å². The minimum Gasteiger partial charge on any atom is -0.335 e. The van der Waals surface area contributed by atoms with Gasteiger partial charge in [0.2, 0.25) is 11.8 Å².